The molecule has 1 aliphatic carbocycles. The van der Waals surface area contributed by atoms with Crippen molar-refractivity contribution in [1.82, 2.24) is 9.88 Å². The van der Waals surface area contributed by atoms with Crippen molar-refractivity contribution >= 4 is 17.2 Å². The highest BCUT2D eigenvalue weighted by Crippen LogP contribution is 2.31. The topological polar surface area (TPSA) is 51.7 Å². The highest BCUT2D eigenvalue weighted by Gasteiger charge is 2.26. The van der Waals surface area contributed by atoms with Crippen molar-refractivity contribution in [3.05, 3.63) is 40.3 Å². The maximum absolute atomic E-state index is 12.9. The van der Waals surface area contributed by atoms with Gasteiger partial charge >= 0.3 is 0 Å². The Hall–Kier alpha value is -2.08. The van der Waals surface area contributed by atoms with E-state index in [1.165, 1.54) is 24.2 Å². The Kier molecular flexibility index (Phi) is 6.14. The number of hydrogen-bond donors (Lipinski definition) is 0. The highest BCUT2D eigenvalue weighted by molar-refractivity contribution is 7.07. The first-order valence-corrected chi connectivity index (χ1v) is 9.97. The lowest BCUT2D eigenvalue weighted by Gasteiger charge is -2.33. The second kappa shape index (κ2) is 8.54. The van der Waals surface area contributed by atoms with E-state index in [0.717, 1.165) is 24.5 Å². The van der Waals surface area contributed by atoms with Crippen molar-refractivity contribution in [3.8, 4) is 11.5 Å². The molecule has 1 fully saturated rings. The first-order chi connectivity index (χ1) is 12.6. The number of thiazole rings is 1. The maximum atomic E-state index is 12.9. The number of carbonyl (C=O) groups excluding carboxylic acids is 1. The van der Waals surface area contributed by atoms with E-state index in [4.69, 9.17) is 9.47 Å². The molecule has 26 heavy (non-hydrogen) atoms. The minimum Gasteiger partial charge on any atom is -0.493 e. The summed E-state index contributed by atoms with van der Waals surface area (Å²) in [6.07, 6.45) is 4.54. The molecular formula is C20H26N2O3S. The van der Waals surface area contributed by atoms with Crippen LogP contribution in [-0.4, -0.2) is 36.0 Å². The molecule has 0 bridgehead atoms. The number of benzene rings is 1. The molecule has 0 saturated heterocycles. The van der Waals surface area contributed by atoms with Crippen molar-refractivity contribution in [1.29, 1.82) is 0 Å². The van der Waals surface area contributed by atoms with Crippen LogP contribution in [0.3, 0.4) is 0 Å². The first kappa shape index (κ1) is 18.7. The third-order valence-corrected chi connectivity index (χ3v) is 5.76. The third kappa shape index (κ3) is 4.36. The fourth-order valence-corrected chi connectivity index (χ4v) is 3.92. The van der Waals surface area contributed by atoms with Gasteiger partial charge in [0.05, 0.1) is 18.3 Å². The van der Waals surface area contributed by atoms with Crippen molar-refractivity contribution in [2.24, 2.45) is 5.92 Å². The molecule has 1 saturated carbocycles. The standard InChI is InChI=1S/C20H26N2O3S/c1-14-4-7-17(8-5-14)22(2)20(23)15-6-9-18(19(10-15)24-3)25-11-16-12-26-13-21-16/h6,9-10,12-14,17H,4-5,7-8,11H2,1-3H3. The van der Waals surface area contributed by atoms with E-state index in [1.54, 1.807) is 24.8 Å². The van der Waals surface area contributed by atoms with E-state index in [-0.39, 0.29) is 5.91 Å². The maximum Gasteiger partial charge on any atom is 0.253 e. The number of hydrogen-bond acceptors (Lipinski definition) is 5. The van der Waals surface area contributed by atoms with E-state index in [9.17, 15) is 4.79 Å². The fourth-order valence-electron chi connectivity index (χ4n) is 3.38. The number of rotatable bonds is 6. The van der Waals surface area contributed by atoms with Gasteiger partial charge in [-0.15, -0.1) is 11.3 Å². The van der Waals surface area contributed by atoms with Crippen LogP contribution in [0, 0.1) is 5.92 Å². The molecule has 0 spiro atoms. The molecule has 0 N–H and O–H groups in total. The van der Waals surface area contributed by atoms with Crippen LogP contribution in [0.4, 0.5) is 0 Å². The van der Waals surface area contributed by atoms with Gasteiger partial charge in [-0.25, -0.2) is 4.98 Å². The van der Waals surface area contributed by atoms with Crippen LogP contribution in [-0.2, 0) is 6.61 Å². The Balaban J connectivity index is 1.68. The zero-order valence-corrected chi connectivity index (χ0v) is 16.4. The number of aromatic nitrogens is 1. The van der Waals surface area contributed by atoms with Gasteiger partial charge in [0.2, 0.25) is 0 Å². The average molecular weight is 375 g/mol. The molecule has 2 aromatic rings. The summed E-state index contributed by atoms with van der Waals surface area (Å²) in [5.41, 5.74) is 3.28. The summed E-state index contributed by atoms with van der Waals surface area (Å²) in [5, 5.41) is 1.95. The zero-order chi connectivity index (χ0) is 18.5. The molecule has 1 aromatic carbocycles. The van der Waals surface area contributed by atoms with Gasteiger partial charge in [-0.05, 0) is 49.8 Å². The predicted molar refractivity (Wildman–Crippen MR) is 103 cm³/mol. The molecule has 1 heterocycles. The minimum atomic E-state index is 0.0360. The van der Waals surface area contributed by atoms with Crippen molar-refractivity contribution in [2.45, 2.75) is 45.3 Å². The summed E-state index contributed by atoms with van der Waals surface area (Å²) >= 11 is 1.54. The van der Waals surface area contributed by atoms with Crippen LogP contribution < -0.4 is 9.47 Å². The van der Waals surface area contributed by atoms with E-state index in [0.29, 0.717) is 29.7 Å². The van der Waals surface area contributed by atoms with Gasteiger partial charge in [-0.1, -0.05) is 6.92 Å². The van der Waals surface area contributed by atoms with Gasteiger partial charge in [-0.2, -0.15) is 0 Å². The number of nitrogens with zero attached hydrogens (tertiary/aromatic N) is 2. The van der Waals surface area contributed by atoms with Gasteiger partial charge in [0.1, 0.15) is 6.61 Å². The van der Waals surface area contributed by atoms with E-state index < -0.39 is 0 Å². The monoisotopic (exact) mass is 374 g/mol. The van der Waals surface area contributed by atoms with Gasteiger partial charge < -0.3 is 14.4 Å². The normalized spacial score (nSPS) is 19.8. The van der Waals surface area contributed by atoms with Crippen LogP contribution in [0.25, 0.3) is 0 Å². The summed E-state index contributed by atoms with van der Waals surface area (Å²) in [6, 6.07) is 5.70. The fraction of sp³-hybridized carbons (Fsp3) is 0.500. The van der Waals surface area contributed by atoms with Crippen LogP contribution in [0.5, 0.6) is 11.5 Å². The summed E-state index contributed by atoms with van der Waals surface area (Å²) in [6.45, 7) is 2.67. The molecule has 1 amide bonds. The van der Waals surface area contributed by atoms with Crippen LogP contribution in [0.1, 0.15) is 48.7 Å². The van der Waals surface area contributed by atoms with Crippen LogP contribution in [0.2, 0.25) is 0 Å². The second-order valence-electron chi connectivity index (χ2n) is 6.96. The molecular weight excluding hydrogens is 348 g/mol. The molecule has 3 rings (SSSR count). The van der Waals surface area contributed by atoms with Crippen molar-refractivity contribution in [3.63, 3.8) is 0 Å². The van der Waals surface area contributed by atoms with Gasteiger partial charge in [0.15, 0.2) is 11.5 Å². The number of amides is 1. The first-order valence-electron chi connectivity index (χ1n) is 9.03. The molecule has 0 unspecified atom stereocenters. The lowest BCUT2D eigenvalue weighted by molar-refractivity contribution is 0.0679. The molecule has 140 valence electrons. The Labute approximate surface area is 159 Å². The summed E-state index contributed by atoms with van der Waals surface area (Å²) < 4.78 is 11.2. The van der Waals surface area contributed by atoms with Crippen molar-refractivity contribution in [2.75, 3.05) is 14.2 Å². The second-order valence-corrected chi connectivity index (χ2v) is 7.68. The van der Waals surface area contributed by atoms with Crippen LogP contribution in [0.15, 0.2) is 29.1 Å². The summed E-state index contributed by atoms with van der Waals surface area (Å²) in [4.78, 5) is 19.0. The lowest BCUT2D eigenvalue weighted by atomic mass is 9.86. The largest absolute Gasteiger partial charge is 0.493 e. The van der Waals surface area contributed by atoms with E-state index in [1.807, 2.05) is 23.4 Å². The molecule has 0 radical (unpaired) electrons. The molecule has 6 heteroatoms. The third-order valence-electron chi connectivity index (χ3n) is 5.12. The smallest absolute Gasteiger partial charge is 0.253 e. The zero-order valence-electron chi connectivity index (χ0n) is 15.6. The highest BCUT2D eigenvalue weighted by atomic mass is 32.1. The van der Waals surface area contributed by atoms with E-state index >= 15 is 0 Å². The van der Waals surface area contributed by atoms with Gasteiger partial charge in [-0.3, -0.25) is 4.79 Å². The van der Waals surface area contributed by atoms with Crippen LogP contribution >= 0.6 is 11.3 Å². The molecule has 0 atom stereocenters. The molecule has 1 aromatic heterocycles. The number of ether oxygens (including phenoxy) is 2. The number of methoxy groups -OCH3 is 1. The Morgan fingerprint density at radius 2 is 2.04 bits per heavy atom. The Bertz CT molecular complexity index is 725. The molecule has 5 nitrogen and oxygen atoms in total. The predicted octanol–water partition coefficient (Wildman–Crippen LogP) is 4.38. The van der Waals surface area contributed by atoms with Gasteiger partial charge in [0.25, 0.3) is 5.91 Å². The lowest BCUT2D eigenvalue weighted by Crippen LogP contribution is -2.39. The average Bonchev–Trinajstić information content (AvgIpc) is 3.19. The quantitative estimate of drug-likeness (QED) is 0.753. The van der Waals surface area contributed by atoms with Crippen molar-refractivity contribution < 1.29 is 14.3 Å². The Morgan fingerprint density at radius 1 is 1.27 bits per heavy atom. The SMILES string of the molecule is COc1cc(C(=O)N(C)C2CCC(C)CC2)ccc1OCc1cscn1. The minimum absolute atomic E-state index is 0.0360. The number of carbonyl (C=O) groups is 1. The van der Waals surface area contributed by atoms with E-state index in [2.05, 4.69) is 11.9 Å². The Morgan fingerprint density at radius 3 is 2.69 bits per heavy atom. The summed E-state index contributed by atoms with van der Waals surface area (Å²) in [5.74, 6) is 1.99. The van der Waals surface area contributed by atoms with Gasteiger partial charge in [0, 0.05) is 24.0 Å². The molecule has 0 aliphatic heterocycles. The molecule has 1 aliphatic rings. The summed E-state index contributed by atoms with van der Waals surface area (Å²) in [7, 11) is 3.49.